The molecule has 13 heteroatoms. The summed E-state index contributed by atoms with van der Waals surface area (Å²) >= 11 is 17.6. The highest BCUT2D eigenvalue weighted by Crippen LogP contribution is 2.32. The van der Waals surface area contributed by atoms with Crippen molar-refractivity contribution in [3.05, 3.63) is 80.0 Å². The van der Waals surface area contributed by atoms with Gasteiger partial charge in [-0.2, -0.15) is 0 Å². The van der Waals surface area contributed by atoms with Crippen molar-refractivity contribution in [3.8, 4) is 11.3 Å². The van der Waals surface area contributed by atoms with Gasteiger partial charge in [-0.15, -0.1) is 0 Å². The lowest BCUT2D eigenvalue weighted by molar-refractivity contribution is -0.384. The number of hydrogen-bond acceptors (Lipinski definition) is 8. The van der Waals surface area contributed by atoms with E-state index in [1.807, 2.05) is 4.90 Å². The summed E-state index contributed by atoms with van der Waals surface area (Å²) in [5.41, 5.74) is 0.915. The lowest BCUT2D eigenvalue weighted by Crippen LogP contribution is -2.52. The number of nitrogens with zero attached hydrogens (tertiary/aromatic N) is 3. The van der Waals surface area contributed by atoms with Gasteiger partial charge in [0.25, 0.3) is 11.6 Å². The number of nitro groups is 1. The molecule has 0 radical (unpaired) electrons. The number of benzene rings is 2. The first kappa shape index (κ1) is 27.4. The third-order valence-corrected chi connectivity index (χ3v) is 6.75. The quantitative estimate of drug-likeness (QED) is 0.183. The Balaban J connectivity index is 1.37. The Kier molecular flexibility index (Phi) is 8.50. The molecule has 0 unspecified atom stereocenters. The van der Waals surface area contributed by atoms with Gasteiger partial charge >= 0.3 is 5.97 Å². The second-order valence-electron chi connectivity index (χ2n) is 8.20. The van der Waals surface area contributed by atoms with E-state index in [1.54, 1.807) is 42.2 Å². The SMILES string of the molecule is CCOC(=O)c1ccc(N2CCN(C(=S)NC(=O)c3ccc(-c4ccc(Cl)cc4Cl)o3)CC2)c([N+](=O)[O-])c1. The number of ether oxygens (including phenoxy) is 1. The van der Waals surface area contributed by atoms with Gasteiger partial charge in [-0.3, -0.25) is 20.2 Å². The monoisotopic (exact) mass is 576 g/mol. The number of hydrogen-bond donors (Lipinski definition) is 1. The smallest absolute Gasteiger partial charge is 0.338 e. The Bertz CT molecular complexity index is 1400. The highest BCUT2D eigenvalue weighted by molar-refractivity contribution is 7.80. The van der Waals surface area contributed by atoms with Crippen LogP contribution in [0.1, 0.15) is 27.8 Å². The molecular weight excluding hydrogens is 555 g/mol. The van der Waals surface area contributed by atoms with Crippen LogP contribution in [0.5, 0.6) is 0 Å². The van der Waals surface area contributed by atoms with Gasteiger partial charge in [-0.25, -0.2) is 4.79 Å². The molecular formula is C25H22Cl2N4O6S. The van der Waals surface area contributed by atoms with Crippen molar-refractivity contribution in [2.24, 2.45) is 0 Å². The standard InChI is InChI=1S/C25H22Cl2N4O6S/c1-2-36-24(33)15-3-6-19(20(13-15)31(34)35)29-9-11-30(12-10-29)25(38)28-23(32)22-8-7-21(37-22)17-5-4-16(26)14-18(17)27/h3-8,13-14H,2,9-12H2,1H3,(H,28,32,38). The Morgan fingerprint density at radius 3 is 2.50 bits per heavy atom. The molecule has 2 aromatic carbocycles. The van der Waals surface area contributed by atoms with Crippen molar-refractivity contribution < 1.29 is 23.7 Å². The summed E-state index contributed by atoms with van der Waals surface area (Å²) in [6.45, 7) is 3.49. The summed E-state index contributed by atoms with van der Waals surface area (Å²) in [5.74, 6) is -0.664. The molecule has 0 spiro atoms. The Hall–Kier alpha value is -3.67. The summed E-state index contributed by atoms with van der Waals surface area (Å²) in [6.07, 6.45) is 0. The van der Waals surface area contributed by atoms with E-state index < -0.39 is 16.8 Å². The normalized spacial score (nSPS) is 13.2. The van der Waals surface area contributed by atoms with Crippen LogP contribution in [0.4, 0.5) is 11.4 Å². The van der Waals surface area contributed by atoms with Gasteiger partial charge < -0.3 is 19.0 Å². The van der Waals surface area contributed by atoms with Crippen LogP contribution >= 0.6 is 35.4 Å². The molecule has 1 aliphatic heterocycles. The van der Waals surface area contributed by atoms with E-state index in [2.05, 4.69) is 5.32 Å². The molecule has 1 saturated heterocycles. The number of esters is 1. The molecule has 38 heavy (non-hydrogen) atoms. The highest BCUT2D eigenvalue weighted by Gasteiger charge is 2.27. The van der Waals surface area contributed by atoms with Crippen LogP contribution in [0.15, 0.2) is 52.9 Å². The minimum atomic E-state index is -0.618. The number of anilines is 1. The Morgan fingerprint density at radius 2 is 1.84 bits per heavy atom. The maximum Gasteiger partial charge on any atom is 0.338 e. The van der Waals surface area contributed by atoms with E-state index >= 15 is 0 Å². The van der Waals surface area contributed by atoms with Crippen LogP contribution in [0.3, 0.4) is 0 Å². The number of rotatable bonds is 6. The average molecular weight is 577 g/mol. The van der Waals surface area contributed by atoms with Crippen LogP contribution in [0.25, 0.3) is 11.3 Å². The summed E-state index contributed by atoms with van der Waals surface area (Å²) < 4.78 is 10.6. The van der Waals surface area contributed by atoms with Gasteiger partial charge in [0.1, 0.15) is 11.4 Å². The minimum absolute atomic E-state index is 0.0596. The van der Waals surface area contributed by atoms with E-state index in [1.165, 1.54) is 18.2 Å². The largest absolute Gasteiger partial charge is 0.462 e. The number of nitro benzene ring substituents is 1. The first-order valence-electron chi connectivity index (χ1n) is 11.5. The molecule has 0 aliphatic carbocycles. The predicted octanol–water partition coefficient (Wildman–Crippen LogP) is 5.18. The van der Waals surface area contributed by atoms with E-state index in [0.717, 1.165) is 0 Å². The zero-order valence-corrected chi connectivity index (χ0v) is 22.4. The van der Waals surface area contributed by atoms with Gasteiger partial charge in [-0.1, -0.05) is 23.2 Å². The van der Waals surface area contributed by atoms with Crippen molar-refractivity contribution in [1.29, 1.82) is 0 Å². The van der Waals surface area contributed by atoms with E-state index in [9.17, 15) is 19.7 Å². The van der Waals surface area contributed by atoms with Crippen molar-refractivity contribution in [1.82, 2.24) is 10.2 Å². The molecule has 1 aromatic heterocycles. The average Bonchev–Trinajstić information content (AvgIpc) is 3.38. The number of amides is 1. The zero-order valence-electron chi connectivity index (χ0n) is 20.1. The molecule has 1 N–H and O–H groups in total. The summed E-state index contributed by atoms with van der Waals surface area (Å²) in [5, 5.41) is 15.4. The molecule has 0 atom stereocenters. The number of nitrogens with one attached hydrogen (secondary N) is 1. The molecule has 198 valence electrons. The fourth-order valence-electron chi connectivity index (χ4n) is 3.96. The van der Waals surface area contributed by atoms with Crippen LogP contribution in [0.2, 0.25) is 10.0 Å². The molecule has 10 nitrogen and oxygen atoms in total. The number of piperazine rings is 1. The number of carbonyl (C=O) groups excluding carboxylic acids is 2. The van der Waals surface area contributed by atoms with Crippen LogP contribution in [0, 0.1) is 10.1 Å². The summed E-state index contributed by atoms with van der Waals surface area (Å²) in [7, 11) is 0. The first-order valence-corrected chi connectivity index (χ1v) is 12.7. The molecule has 1 amide bonds. The van der Waals surface area contributed by atoms with Crippen molar-refractivity contribution in [2.45, 2.75) is 6.92 Å². The van der Waals surface area contributed by atoms with Gasteiger partial charge in [0.05, 0.1) is 22.1 Å². The van der Waals surface area contributed by atoms with Gasteiger partial charge in [0.15, 0.2) is 10.9 Å². The van der Waals surface area contributed by atoms with Crippen molar-refractivity contribution in [2.75, 3.05) is 37.7 Å². The molecule has 0 bridgehead atoms. The van der Waals surface area contributed by atoms with E-state index in [-0.39, 0.29) is 28.7 Å². The fourth-order valence-corrected chi connectivity index (χ4v) is 4.74. The molecule has 0 saturated carbocycles. The summed E-state index contributed by atoms with van der Waals surface area (Å²) in [6, 6.07) is 12.4. The number of halogens is 2. The van der Waals surface area contributed by atoms with Gasteiger partial charge in [0, 0.05) is 42.8 Å². The second-order valence-corrected chi connectivity index (χ2v) is 9.43. The second kappa shape index (κ2) is 11.8. The van der Waals surface area contributed by atoms with E-state index in [0.29, 0.717) is 53.2 Å². The van der Waals surface area contributed by atoms with Gasteiger partial charge in [-0.05, 0) is 61.6 Å². The summed E-state index contributed by atoms with van der Waals surface area (Å²) in [4.78, 5) is 39.5. The van der Waals surface area contributed by atoms with Crippen molar-refractivity contribution in [3.63, 3.8) is 0 Å². The lowest BCUT2D eigenvalue weighted by Gasteiger charge is -2.36. The number of thiocarbonyl (C=S) groups is 1. The number of furan rings is 1. The predicted molar refractivity (Wildman–Crippen MR) is 147 cm³/mol. The maximum atomic E-state index is 12.7. The minimum Gasteiger partial charge on any atom is -0.462 e. The molecule has 3 aromatic rings. The fraction of sp³-hybridized carbons (Fsp3) is 0.240. The van der Waals surface area contributed by atoms with Crippen LogP contribution < -0.4 is 10.2 Å². The lowest BCUT2D eigenvalue weighted by atomic mass is 10.1. The van der Waals surface area contributed by atoms with Crippen LogP contribution in [-0.4, -0.2) is 59.6 Å². The third kappa shape index (κ3) is 6.07. The van der Waals surface area contributed by atoms with Crippen molar-refractivity contribution >= 4 is 63.8 Å². The first-order chi connectivity index (χ1) is 18.2. The zero-order chi connectivity index (χ0) is 27.4. The molecule has 1 fully saturated rings. The van der Waals surface area contributed by atoms with Crippen LogP contribution in [-0.2, 0) is 4.74 Å². The Morgan fingerprint density at radius 1 is 1.11 bits per heavy atom. The molecule has 2 heterocycles. The molecule has 4 rings (SSSR count). The van der Waals surface area contributed by atoms with Gasteiger partial charge in [0.2, 0.25) is 0 Å². The maximum absolute atomic E-state index is 12.7. The topological polar surface area (TPSA) is 118 Å². The number of carbonyl (C=O) groups is 2. The van der Waals surface area contributed by atoms with E-state index in [4.69, 9.17) is 44.6 Å². The Labute approximate surface area is 233 Å². The third-order valence-electron chi connectivity index (χ3n) is 5.84. The highest BCUT2D eigenvalue weighted by atomic mass is 35.5. The molecule has 1 aliphatic rings.